The van der Waals surface area contributed by atoms with Gasteiger partial charge in [-0.05, 0) is 64.3 Å². The second-order valence-electron chi connectivity index (χ2n) is 7.54. The topological polar surface area (TPSA) is 70.8 Å². The minimum absolute atomic E-state index is 0.267. The summed E-state index contributed by atoms with van der Waals surface area (Å²) in [5, 5.41) is 0. The molecule has 0 aromatic heterocycles. The number of aryl methyl sites for hydroxylation is 2. The molecule has 0 bridgehead atoms. The lowest BCUT2D eigenvalue weighted by Gasteiger charge is -2.31. The average Bonchev–Trinajstić information content (AvgIpc) is 2.71. The summed E-state index contributed by atoms with van der Waals surface area (Å²) in [6, 6.07) is 15.1. The van der Waals surface area contributed by atoms with Crippen LogP contribution in [-0.2, 0) is 9.53 Å². The van der Waals surface area contributed by atoms with Crippen LogP contribution in [0.4, 0.5) is 0 Å². The molecular weight excluding hydrogens is 354 g/mol. The maximum atomic E-state index is 12.2. The Morgan fingerprint density at radius 3 is 2.00 bits per heavy atom. The molecule has 0 saturated carbocycles. The summed E-state index contributed by atoms with van der Waals surface area (Å²) >= 11 is 0. The number of hydrogen-bond donors (Lipinski definition) is 1. The van der Waals surface area contributed by atoms with E-state index in [-0.39, 0.29) is 12.1 Å². The van der Waals surface area contributed by atoms with Crippen molar-refractivity contribution >= 4 is 5.97 Å². The van der Waals surface area contributed by atoms with Gasteiger partial charge in [0.1, 0.15) is 29.7 Å². The first-order valence-corrected chi connectivity index (χ1v) is 9.85. The van der Waals surface area contributed by atoms with Crippen molar-refractivity contribution in [1.29, 1.82) is 0 Å². The van der Waals surface area contributed by atoms with Crippen molar-refractivity contribution < 1.29 is 19.0 Å². The zero-order chi connectivity index (χ0) is 20.1. The van der Waals surface area contributed by atoms with Crippen LogP contribution >= 0.6 is 0 Å². The molecule has 150 valence electrons. The Labute approximate surface area is 166 Å². The van der Waals surface area contributed by atoms with E-state index in [2.05, 4.69) is 0 Å². The highest BCUT2D eigenvalue weighted by Gasteiger charge is 2.35. The first-order valence-electron chi connectivity index (χ1n) is 9.85. The van der Waals surface area contributed by atoms with Gasteiger partial charge in [0.15, 0.2) is 6.10 Å². The van der Waals surface area contributed by atoms with E-state index < -0.39 is 18.2 Å². The van der Waals surface area contributed by atoms with Gasteiger partial charge in [0.05, 0.1) is 0 Å². The minimum atomic E-state index is -0.611. The van der Waals surface area contributed by atoms with Crippen LogP contribution in [0.1, 0.15) is 37.3 Å². The molecule has 5 heteroatoms. The Kier molecular flexibility index (Phi) is 6.57. The summed E-state index contributed by atoms with van der Waals surface area (Å²) in [5.74, 6) is 1.11. The predicted octanol–water partition coefficient (Wildman–Crippen LogP) is 3.94. The van der Waals surface area contributed by atoms with Crippen LogP contribution in [0.15, 0.2) is 48.5 Å². The largest absolute Gasteiger partial charge is 0.486 e. The molecule has 3 rings (SSSR count). The maximum absolute atomic E-state index is 12.2. The summed E-state index contributed by atoms with van der Waals surface area (Å²) in [7, 11) is 0. The fourth-order valence-corrected chi connectivity index (χ4v) is 3.32. The highest BCUT2D eigenvalue weighted by molar-refractivity contribution is 5.75. The molecule has 1 saturated heterocycles. The van der Waals surface area contributed by atoms with Crippen LogP contribution in [0, 0.1) is 13.8 Å². The summed E-state index contributed by atoms with van der Waals surface area (Å²) in [6.45, 7) is 5.90. The van der Waals surface area contributed by atoms with E-state index in [1.165, 1.54) is 5.56 Å². The molecule has 0 unspecified atom stereocenters. The molecule has 0 aliphatic carbocycles. The highest BCUT2D eigenvalue weighted by atomic mass is 16.6. The van der Waals surface area contributed by atoms with Gasteiger partial charge in [0, 0.05) is 0 Å². The number of esters is 1. The Hall–Kier alpha value is -2.53. The van der Waals surface area contributed by atoms with Gasteiger partial charge in [-0.1, -0.05) is 35.4 Å². The molecular formula is C23H29NO4. The first-order chi connectivity index (χ1) is 13.4. The number of nitrogens with two attached hydrogens (primary N) is 1. The number of benzene rings is 2. The monoisotopic (exact) mass is 383 g/mol. The van der Waals surface area contributed by atoms with Crippen LogP contribution in [-0.4, -0.2) is 30.3 Å². The maximum Gasteiger partial charge on any atom is 0.323 e. The predicted molar refractivity (Wildman–Crippen MR) is 109 cm³/mol. The molecule has 1 heterocycles. The lowest BCUT2D eigenvalue weighted by molar-refractivity contribution is -0.156. The third kappa shape index (κ3) is 5.26. The molecule has 1 aliphatic heterocycles. The molecule has 2 aromatic carbocycles. The van der Waals surface area contributed by atoms with Crippen LogP contribution in [0.5, 0.6) is 11.5 Å². The molecule has 0 radical (unpaired) electrons. The first kappa shape index (κ1) is 20.2. The number of hydrogen-bond acceptors (Lipinski definition) is 5. The van der Waals surface area contributed by atoms with E-state index in [9.17, 15) is 4.79 Å². The van der Waals surface area contributed by atoms with Crippen molar-refractivity contribution in [2.45, 2.75) is 64.4 Å². The van der Waals surface area contributed by atoms with Gasteiger partial charge >= 0.3 is 5.97 Å². The number of carbonyl (C=O) groups is 1. The van der Waals surface area contributed by atoms with Crippen molar-refractivity contribution in [3.63, 3.8) is 0 Å². The molecule has 1 fully saturated rings. The third-order valence-corrected chi connectivity index (χ3v) is 5.04. The normalized spacial score (nSPS) is 25.8. The standard InChI is InChI=1S/C23H29NO4/c1-15-7-11-18(12-8-15)27-21-6-4-5-20(24)23(25)26-17(3)22(21)28-19-13-9-16(2)10-14-19/h7-14,17,20-22H,4-6,24H2,1-3H3/t17-,20-,21-,22-/m0/s1. The van der Waals surface area contributed by atoms with Crippen molar-refractivity contribution in [3.8, 4) is 11.5 Å². The summed E-state index contributed by atoms with van der Waals surface area (Å²) in [4.78, 5) is 12.2. The third-order valence-electron chi connectivity index (χ3n) is 5.04. The van der Waals surface area contributed by atoms with Crippen molar-refractivity contribution in [1.82, 2.24) is 0 Å². The molecule has 5 nitrogen and oxygen atoms in total. The lowest BCUT2D eigenvalue weighted by Crippen LogP contribution is -2.46. The minimum Gasteiger partial charge on any atom is -0.486 e. The molecule has 4 atom stereocenters. The Morgan fingerprint density at radius 2 is 1.43 bits per heavy atom. The van der Waals surface area contributed by atoms with Crippen LogP contribution in [0.3, 0.4) is 0 Å². The van der Waals surface area contributed by atoms with E-state index in [0.29, 0.717) is 6.42 Å². The van der Waals surface area contributed by atoms with E-state index in [1.807, 2.05) is 69.3 Å². The zero-order valence-electron chi connectivity index (χ0n) is 16.8. The van der Waals surface area contributed by atoms with Crippen molar-refractivity contribution in [3.05, 3.63) is 59.7 Å². The second-order valence-corrected chi connectivity index (χ2v) is 7.54. The van der Waals surface area contributed by atoms with Gasteiger partial charge in [-0.2, -0.15) is 0 Å². The van der Waals surface area contributed by atoms with Crippen molar-refractivity contribution in [2.24, 2.45) is 5.73 Å². The van der Waals surface area contributed by atoms with Gasteiger partial charge in [-0.15, -0.1) is 0 Å². The van der Waals surface area contributed by atoms with E-state index in [0.717, 1.165) is 29.9 Å². The Balaban J connectivity index is 1.86. The smallest absolute Gasteiger partial charge is 0.323 e. The van der Waals surface area contributed by atoms with Crippen LogP contribution in [0.25, 0.3) is 0 Å². The van der Waals surface area contributed by atoms with Crippen molar-refractivity contribution in [2.75, 3.05) is 0 Å². The second kappa shape index (κ2) is 9.11. The molecule has 28 heavy (non-hydrogen) atoms. The fraction of sp³-hybridized carbons (Fsp3) is 0.435. The molecule has 0 amide bonds. The van der Waals surface area contributed by atoms with Gasteiger partial charge in [0.2, 0.25) is 0 Å². The molecule has 2 aromatic rings. The zero-order valence-corrected chi connectivity index (χ0v) is 16.8. The highest BCUT2D eigenvalue weighted by Crippen LogP contribution is 2.26. The molecule has 2 N–H and O–H groups in total. The lowest BCUT2D eigenvalue weighted by atomic mass is 10.0. The van der Waals surface area contributed by atoms with Gasteiger partial charge in [-0.25, -0.2) is 0 Å². The Morgan fingerprint density at radius 1 is 0.893 bits per heavy atom. The average molecular weight is 383 g/mol. The summed E-state index contributed by atoms with van der Waals surface area (Å²) in [6.07, 6.45) is 0.840. The number of cyclic esters (lactones) is 1. The quantitative estimate of drug-likeness (QED) is 0.810. The van der Waals surface area contributed by atoms with Crippen LogP contribution < -0.4 is 15.2 Å². The summed E-state index contributed by atoms with van der Waals surface area (Å²) < 4.78 is 18.2. The number of rotatable bonds is 4. The molecule has 1 aliphatic rings. The molecule has 0 spiro atoms. The van der Waals surface area contributed by atoms with E-state index in [1.54, 1.807) is 0 Å². The van der Waals surface area contributed by atoms with E-state index >= 15 is 0 Å². The SMILES string of the molecule is Cc1ccc(O[C@H]2[C@H](C)OC(=O)[C@@H](N)CCC[C@@H]2Oc2ccc(C)cc2)cc1. The number of carbonyl (C=O) groups excluding carboxylic acids is 1. The van der Waals surface area contributed by atoms with Crippen LogP contribution in [0.2, 0.25) is 0 Å². The van der Waals surface area contributed by atoms with Gasteiger partial charge < -0.3 is 19.9 Å². The summed E-state index contributed by atoms with van der Waals surface area (Å²) in [5.41, 5.74) is 8.27. The van der Waals surface area contributed by atoms with E-state index in [4.69, 9.17) is 19.9 Å². The van der Waals surface area contributed by atoms with Gasteiger partial charge in [0.25, 0.3) is 0 Å². The Bertz CT molecular complexity index is 772. The number of ether oxygens (including phenoxy) is 3. The fourth-order valence-electron chi connectivity index (χ4n) is 3.32. The van der Waals surface area contributed by atoms with Gasteiger partial charge in [-0.3, -0.25) is 4.79 Å².